The normalized spacial score (nSPS) is 21.6. The lowest BCUT2D eigenvalue weighted by molar-refractivity contribution is 0.537. The Bertz CT molecular complexity index is 334. The van der Waals surface area contributed by atoms with Gasteiger partial charge in [0.05, 0.1) is 10.7 Å². The zero-order valence-electron chi connectivity index (χ0n) is 10.3. The molecule has 0 radical (unpaired) electrons. The van der Waals surface area contributed by atoms with E-state index in [0.29, 0.717) is 6.04 Å². The maximum atomic E-state index is 4.68. The van der Waals surface area contributed by atoms with E-state index in [1.165, 1.54) is 17.1 Å². The number of nitrogens with one attached hydrogen (secondary N) is 2. The maximum Gasteiger partial charge on any atom is 0.0982 e. The van der Waals surface area contributed by atoms with E-state index >= 15 is 0 Å². The number of nitrogens with zero attached hydrogens (tertiary/aromatic N) is 1. The van der Waals surface area contributed by atoms with E-state index < -0.39 is 0 Å². The summed E-state index contributed by atoms with van der Waals surface area (Å²) < 4.78 is 0. The predicted molar refractivity (Wildman–Crippen MR) is 68.9 cm³/mol. The standard InChI is InChI=1S/C12H21N3S/c1-12(2,3)11-15-10(8-16-11)7-14-9-4-5-13-6-9/h8-9,13-14H,4-7H2,1-3H3. The molecule has 2 heterocycles. The van der Waals surface area contributed by atoms with E-state index in [1.54, 1.807) is 11.3 Å². The fourth-order valence-corrected chi connectivity index (χ4v) is 2.72. The van der Waals surface area contributed by atoms with E-state index in [-0.39, 0.29) is 5.41 Å². The summed E-state index contributed by atoms with van der Waals surface area (Å²) in [6.07, 6.45) is 1.23. The number of hydrogen-bond acceptors (Lipinski definition) is 4. The Labute approximate surface area is 102 Å². The van der Waals surface area contributed by atoms with Gasteiger partial charge in [-0.1, -0.05) is 20.8 Å². The van der Waals surface area contributed by atoms with Crippen molar-refractivity contribution in [1.82, 2.24) is 15.6 Å². The third-order valence-corrected chi connectivity index (χ3v) is 4.14. The zero-order chi connectivity index (χ0) is 11.6. The topological polar surface area (TPSA) is 37.0 Å². The van der Waals surface area contributed by atoms with E-state index in [9.17, 15) is 0 Å². The van der Waals surface area contributed by atoms with Crippen LogP contribution < -0.4 is 10.6 Å². The molecule has 1 saturated heterocycles. The Morgan fingerprint density at radius 3 is 2.94 bits per heavy atom. The van der Waals surface area contributed by atoms with Crippen LogP contribution >= 0.6 is 11.3 Å². The molecule has 4 heteroatoms. The second kappa shape index (κ2) is 4.82. The summed E-state index contributed by atoms with van der Waals surface area (Å²) in [4.78, 5) is 4.68. The van der Waals surface area contributed by atoms with Gasteiger partial charge < -0.3 is 10.6 Å². The smallest absolute Gasteiger partial charge is 0.0982 e. The molecule has 1 fully saturated rings. The molecule has 2 rings (SSSR count). The highest BCUT2D eigenvalue weighted by molar-refractivity contribution is 7.09. The lowest BCUT2D eigenvalue weighted by Gasteiger charge is -2.14. The van der Waals surface area contributed by atoms with Crippen LogP contribution in [0.5, 0.6) is 0 Å². The number of hydrogen-bond donors (Lipinski definition) is 2. The molecule has 1 aromatic heterocycles. The summed E-state index contributed by atoms with van der Waals surface area (Å²) >= 11 is 1.77. The van der Waals surface area contributed by atoms with Crippen LogP contribution in [0.4, 0.5) is 0 Å². The van der Waals surface area contributed by atoms with Crippen LogP contribution in [-0.2, 0) is 12.0 Å². The van der Waals surface area contributed by atoms with Crippen LogP contribution in [0.15, 0.2) is 5.38 Å². The summed E-state index contributed by atoms with van der Waals surface area (Å²) in [5.41, 5.74) is 1.36. The molecule has 0 saturated carbocycles. The molecular formula is C12H21N3S. The minimum Gasteiger partial charge on any atom is -0.315 e. The van der Waals surface area contributed by atoms with Gasteiger partial charge in [-0.05, 0) is 13.0 Å². The molecule has 3 nitrogen and oxygen atoms in total. The second-order valence-corrected chi connectivity index (χ2v) is 6.32. The molecule has 0 aliphatic carbocycles. The van der Waals surface area contributed by atoms with Gasteiger partial charge in [-0.15, -0.1) is 11.3 Å². The maximum absolute atomic E-state index is 4.68. The molecule has 1 aliphatic heterocycles. The van der Waals surface area contributed by atoms with Crippen LogP contribution in [0.1, 0.15) is 37.9 Å². The molecule has 1 atom stereocenters. The molecule has 1 unspecified atom stereocenters. The fraction of sp³-hybridized carbons (Fsp3) is 0.750. The fourth-order valence-electron chi connectivity index (χ4n) is 1.81. The third kappa shape index (κ3) is 3.03. The summed E-state index contributed by atoms with van der Waals surface area (Å²) in [5, 5.41) is 10.3. The molecule has 0 bridgehead atoms. The molecule has 0 amide bonds. The van der Waals surface area contributed by atoms with Gasteiger partial charge >= 0.3 is 0 Å². The van der Waals surface area contributed by atoms with Gasteiger partial charge in [0, 0.05) is 29.9 Å². The highest BCUT2D eigenvalue weighted by atomic mass is 32.1. The minimum atomic E-state index is 0.178. The van der Waals surface area contributed by atoms with E-state index in [2.05, 4.69) is 41.8 Å². The van der Waals surface area contributed by atoms with E-state index in [0.717, 1.165) is 19.6 Å². The molecule has 16 heavy (non-hydrogen) atoms. The van der Waals surface area contributed by atoms with Crippen molar-refractivity contribution in [2.75, 3.05) is 13.1 Å². The molecule has 0 aromatic carbocycles. The first-order valence-corrected chi connectivity index (χ1v) is 6.82. The molecule has 1 aromatic rings. The predicted octanol–water partition coefficient (Wildman–Crippen LogP) is 1.89. The zero-order valence-corrected chi connectivity index (χ0v) is 11.2. The summed E-state index contributed by atoms with van der Waals surface area (Å²) in [7, 11) is 0. The Kier molecular flexibility index (Phi) is 3.62. The Balaban J connectivity index is 1.87. The van der Waals surface area contributed by atoms with Crippen LogP contribution in [0.3, 0.4) is 0 Å². The van der Waals surface area contributed by atoms with Gasteiger partial charge in [-0.3, -0.25) is 0 Å². The van der Waals surface area contributed by atoms with Crippen LogP contribution in [-0.4, -0.2) is 24.1 Å². The number of thiazole rings is 1. The lowest BCUT2D eigenvalue weighted by atomic mass is 9.98. The third-order valence-electron chi connectivity index (χ3n) is 2.83. The van der Waals surface area contributed by atoms with Gasteiger partial charge in [0.25, 0.3) is 0 Å². The van der Waals surface area contributed by atoms with Crippen molar-refractivity contribution >= 4 is 11.3 Å². The van der Waals surface area contributed by atoms with Crippen LogP contribution in [0.25, 0.3) is 0 Å². The van der Waals surface area contributed by atoms with Crippen LogP contribution in [0, 0.1) is 0 Å². The Hall–Kier alpha value is -0.450. The summed E-state index contributed by atoms with van der Waals surface area (Å²) in [6.45, 7) is 9.77. The van der Waals surface area contributed by atoms with Gasteiger partial charge in [0.2, 0.25) is 0 Å². The summed E-state index contributed by atoms with van der Waals surface area (Å²) in [6, 6.07) is 0.625. The first-order valence-electron chi connectivity index (χ1n) is 5.95. The number of aromatic nitrogens is 1. The Morgan fingerprint density at radius 2 is 2.38 bits per heavy atom. The molecule has 2 N–H and O–H groups in total. The highest BCUT2D eigenvalue weighted by Crippen LogP contribution is 2.25. The largest absolute Gasteiger partial charge is 0.315 e. The van der Waals surface area contributed by atoms with Crippen molar-refractivity contribution in [3.05, 3.63) is 16.1 Å². The average molecular weight is 239 g/mol. The summed E-state index contributed by atoms with van der Waals surface area (Å²) in [5.74, 6) is 0. The average Bonchev–Trinajstić information content (AvgIpc) is 2.85. The number of rotatable bonds is 3. The highest BCUT2D eigenvalue weighted by Gasteiger charge is 2.18. The minimum absolute atomic E-state index is 0.178. The molecule has 90 valence electrons. The van der Waals surface area contributed by atoms with E-state index in [4.69, 9.17) is 0 Å². The SMILES string of the molecule is CC(C)(C)c1nc(CNC2CCNC2)cs1. The lowest BCUT2D eigenvalue weighted by Crippen LogP contribution is -2.30. The molecule has 1 aliphatic rings. The van der Waals surface area contributed by atoms with Crippen molar-refractivity contribution in [2.24, 2.45) is 0 Å². The second-order valence-electron chi connectivity index (χ2n) is 5.46. The van der Waals surface area contributed by atoms with Gasteiger partial charge in [0.1, 0.15) is 0 Å². The van der Waals surface area contributed by atoms with E-state index in [1.807, 2.05) is 0 Å². The van der Waals surface area contributed by atoms with Gasteiger partial charge in [-0.2, -0.15) is 0 Å². The van der Waals surface area contributed by atoms with Crippen molar-refractivity contribution in [1.29, 1.82) is 0 Å². The van der Waals surface area contributed by atoms with Gasteiger partial charge in [0.15, 0.2) is 0 Å². The Morgan fingerprint density at radius 1 is 1.56 bits per heavy atom. The van der Waals surface area contributed by atoms with Gasteiger partial charge in [-0.25, -0.2) is 4.98 Å². The van der Waals surface area contributed by atoms with Crippen molar-refractivity contribution in [3.63, 3.8) is 0 Å². The first-order chi connectivity index (χ1) is 7.55. The monoisotopic (exact) mass is 239 g/mol. The molecular weight excluding hydrogens is 218 g/mol. The van der Waals surface area contributed by atoms with Crippen molar-refractivity contribution < 1.29 is 0 Å². The first kappa shape index (κ1) is 12.0. The van der Waals surface area contributed by atoms with Crippen molar-refractivity contribution in [3.8, 4) is 0 Å². The van der Waals surface area contributed by atoms with Crippen molar-refractivity contribution in [2.45, 2.75) is 45.2 Å². The van der Waals surface area contributed by atoms with Crippen LogP contribution in [0.2, 0.25) is 0 Å². The quantitative estimate of drug-likeness (QED) is 0.846. The molecule has 0 spiro atoms.